The van der Waals surface area contributed by atoms with Gasteiger partial charge in [0.05, 0.1) is 23.9 Å². The van der Waals surface area contributed by atoms with Crippen molar-refractivity contribution in [2.24, 2.45) is 0 Å². The molecular weight excluding hydrogens is 316 g/mol. The van der Waals surface area contributed by atoms with Gasteiger partial charge in [0.1, 0.15) is 5.78 Å². The maximum absolute atomic E-state index is 12.4. The van der Waals surface area contributed by atoms with Crippen LogP contribution in [-0.2, 0) is 16.0 Å². The molecule has 1 N–H and O–H groups in total. The van der Waals surface area contributed by atoms with Crippen LogP contribution in [0, 0.1) is 0 Å². The quantitative estimate of drug-likeness (QED) is 0.872. The van der Waals surface area contributed by atoms with E-state index < -0.39 is 0 Å². The summed E-state index contributed by atoms with van der Waals surface area (Å²) in [6, 6.07) is 8.00. The van der Waals surface area contributed by atoms with Gasteiger partial charge in [-0.2, -0.15) is 0 Å². The first-order valence-corrected chi connectivity index (χ1v) is 8.82. The van der Waals surface area contributed by atoms with E-state index in [1.807, 2.05) is 45.0 Å². The standard InChI is InChI=1S/C20H26N2O3/c1-20(2,3)25-16-10-17(22-11-16)18(23)9-6-14-4-7-15(8-5-14)19-12-21-13-24-19/h4-5,7-8,12-13,16-17,22H,6,9-11H2,1-3H3/t16-,17+/m1/s1. The minimum Gasteiger partial charge on any atom is -0.444 e. The Morgan fingerprint density at radius 3 is 2.72 bits per heavy atom. The van der Waals surface area contributed by atoms with Crippen molar-refractivity contribution in [1.29, 1.82) is 0 Å². The van der Waals surface area contributed by atoms with Gasteiger partial charge in [0.25, 0.3) is 0 Å². The lowest BCUT2D eigenvalue weighted by Gasteiger charge is -2.24. The molecular formula is C20H26N2O3. The van der Waals surface area contributed by atoms with Gasteiger partial charge in [0.15, 0.2) is 12.2 Å². The molecule has 0 spiro atoms. The van der Waals surface area contributed by atoms with Gasteiger partial charge in [-0.1, -0.05) is 24.3 Å². The number of carbonyl (C=O) groups excluding carboxylic acids is 1. The molecule has 1 aliphatic heterocycles. The second kappa shape index (κ2) is 7.50. The third-order valence-electron chi connectivity index (χ3n) is 4.33. The Kier molecular flexibility index (Phi) is 5.35. The van der Waals surface area contributed by atoms with Gasteiger partial charge in [-0.25, -0.2) is 4.98 Å². The van der Waals surface area contributed by atoms with E-state index in [1.165, 1.54) is 6.39 Å². The number of Topliss-reactive ketones (excluding diaryl/α,β-unsaturated/α-hetero) is 1. The fourth-order valence-electron chi connectivity index (χ4n) is 3.17. The van der Waals surface area contributed by atoms with Gasteiger partial charge < -0.3 is 14.5 Å². The van der Waals surface area contributed by atoms with Crippen LogP contribution in [0.2, 0.25) is 0 Å². The van der Waals surface area contributed by atoms with Gasteiger partial charge in [-0.15, -0.1) is 0 Å². The van der Waals surface area contributed by atoms with E-state index in [-0.39, 0.29) is 23.5 Å². The van der Waals surface area contributed by atoms with Crippen molar-refractivity contribution in [2.75, 3.05) is 6.54 Å². The van der Waals surface area contributed by atoms with Crippen LogP contribution in [0.5, 0.6) is 0 Å². The maximum atomic E-state index is 12.4. The highest BCUT2D eigenvalue weighted by atomic mass is 16.5. The lowest BCUT2D eigenvalue weighted by atomic mass is 10.0. The Labute approximate surface area is 148 Å². The van der Waals surface area contributed by atoms with Crippen LogP contribution in [0.4, 0.5) is 0 Å². The number of nitrogens with zero attached hydrogens (tertiary/aromatic N) is 1. The average molecular weight is 342 g/mol. The SMILES string of the molecule is CC(C)(C)O[C@H]1CN[C@H](C(=O)CCc2ccc(-c3cnco3)cc2)C1. The topological polar surface area (TPSA) is 64.4 Å². The van der Waals surface area contributed by atoms with Crippen molar-refractivity contribution in [1.82, 2.24) is 10.3 Å². The number of rotatable bonds is 6. The van der Waals surface area contributed by atoms with Crippen LogP contribution in [0.15, 0.2) is 41.3 Å². The zero-order chi connectivity index (χ0) is 17.9. The fraction of sp³-hybridized carbons (Fsp3) is 0.500. The van der Waals surface area contributed by atoms with Crippen molar-refractivity contribution in [3.05, 3.63) is 42.4 Å². The summed E-state index contributed by atoms with van der Waals surface area (Å²) in [6.45, 7) is 6.89. The van der Waals surface area contributed by atoms with Crippen molar-refractivity contribution in [3.8, 4) is 11.3 Å². The number of ether oxygens (including phenoxy) is 1. The number of ketones is 1. The summed E-state index contributed by atoms with van der Waals surface area (Å²) < 4.78 is 11.2. The first kappa shape index (κ1) is 17.8. The molecule has 1 aromatic carbocycles. The normalized spacial score (nSPS) is 20.8. The van der Waals surface area contributed by atoms with Crippen LogP contribution in [0.1, 0.15) is 39.2 Å². The molecule has 0 unspecified atom stereocenters. The van der Waals surface area contributed by atoms with Gasteiger partial charge in [0, 0.05) is 18.5 Å². The number of oxazole rings is 1. The number of hydrogen-bond donors (Lipinski definition) is 1. The summed E-state index contributed by atoms with van der Waals surface area (Å²) in [5.74, 6) is 1.02. The Morgan fingerprint density at radius 2 is 2.08 bits per heavy atom. The summed E-state index contributed by atoms with van der Waals surface area (Å²) in [4.78, 5) is 16.4. The summed E-state index contributed by atoms with van der Waals surface area (Å²) in [6.07, 6.45) is 5.30. The molecule has 2 heterocycles. The average Bonchev–Trinajstić information content (AvgIpc) is 3.23. The zero-order valence-electron chi connectivity index (χ0n) is 15.1. The molecule has 3 rings (SSSR count). The Balaban J connectivity index is 1.48. The fourth-order valence-corrected chi connectivity index (χ4v) is 3.17. The van der Waals surface area contributed by atoms with Crippen molar-refractivity contribution in [3.63, 3.8) is 0 Å². The van der Waals surface area contributed by atoms with Gasteiger partial charge in [0.2, 0.25) is 0 Å². The number of aromatic nitrogens is 1. The Morgan fingerprint density at radius 1 is 1.32 bits per heavy atom. The second-order valence-corrected chi connectivity index (χ2v) is 7.58. The van der Waals surface area contributed by atoms with Crippen LogP contribution < -0.4 is 5.32 Å². The molecule has 2 aromatic rings. The molecule has 1 fully saturated rings. The lowest BCUT2D eigenvalue weighted by Crippen LogP contribution is -2.30. The van der Waals surface area contributed by atoms with Crippen molar-refractivity contribution in [2.45, 2.75) is 57.8 Å². The summed E-state index contributed by atoms with van der Waals surface area (Å²) in [7, 11) is 0. The number of nitrogens with one attached hydrogen (secondary N) is 1. The third kappa shape index (κ3) is 5.00. The highest BCUT2D eigenvalue weighted by molar-refractivity contribution is 5.84. The first-order valence-electron chi connectivity index (χ1n) is 8.82. The van der Waals surface area contributed by atoms with E-state index in [0.29, 0.717) is 6.42 Å². The summed E-state index contributed by atoms with van der Waals surface area (Å²) in [5.41, 5.74) is 1.97. The van der Waals surface area contributed by atoms with E-state index >= 15 is 0 Å². The van der Waals surface area contributed by atoms with E-state index in [4.69, 9.17) is 9.15 Å². The molecule has 1 aliphatic rings. The Bertz CT molecular complexity index is 687. The van der Waals surface area contributed by atoms with Crippen molar-refractivity contribution >= 4 is 5.78 Å². The summed E-state index contributed by atoms with van der Waals surface area (Å²) in [5, 5.41) is 3.30. The molecule has 1 aromatic heterocycles. The van der Waals surface area contributed by atoms with Gasteiger partial charge in [-0.05, 0) is 39.2 Å². The van der Waals surface area contributed by atoms with E-state index in [1.54, 1.807) is 6.20 Å². The second-order valence-electron chi connectivity index (χ2n) is 7.58. The highest BCUT2D eigenvalue weighted by Gasteiger charge is 2.31. The monoisotopic (exact) mass is 342 g/mol. The van der Waals surface area contributed by atoms with Gasteiger partial charge >= 0.3 is 0 Å². The molecule has 2 atom stereocenters. The lowest BCUT2D eigenvalue weighted by molar-refractivity contribution is -0.121. The Hall–Kier alpha value is -1.98. The van der Waals surface area contributed by atoms with Crippen LogP contribution >= 0.6 is 0 Å². The molecule has 5 heteroatoms. The first-order chi connectivity index (χ1) is 11.9. The number of hydrogen-bond acceptors (Lipinski definition) is 5. The molecule has 25 heavy (non-hydrogen) atoms. The van der Waals surface area contributed by atoms with Gasteiger partial charge in [-0.3, -0.25) is 4.79 Å². The number of carbonyl (C=O) groups is 1. The molecule has 134 valence electrons. The smallest absolute Gasteiger partial charge is 0.181 e. The molecule has 0 radical (unpaired) electrons. The third-order valence-corrected chi connectivity index (χ3v) is 4.33. The number of aryl methyl sites for hydroxylation is 1. The number of benzene rings is 1. The molecule has 0 aliphatic carbocycles. The largest absolute Gasteiger partial charge is 0.444 e. The zero-order valence-corrected chi connectivity index (χ0v) is 15.1. The minimum atomic E-state index is -0.171. The van der Waals surface area contributed by atoms with Crippen LogP contribution in [0.25, 0.3) is 11.3 Å². The molecule has 0 bridgehead atoms. The van der Waals surface area contributed by atoms with E-state index in [9.17, 15) is 4.79 Å². The van der Waals surface area contributed by atoms with E-state index in [0.717, 1.165) is 36.3 Å². The predicted molar refractivity (Wildman–Crippen MR) is 96.3 cm³/mol. The maximum Gasteiger partial charge on any atom is 0.181 e. The van der Waals surface area contributed by atoms with E-state index in [2.05, 4.69) is 10.3 Å². The van der Waals surface area contributed by atoms with Crippen LogP contribution in [-0.4, -0.2) is 35.1 Å². The van der Waals surface area contributed by atoms with Crippen molar-refractivity contribution < 1.29 is 13.9 Å². The van der Waals surface area contributed by atoms with Crippen LogP contribution in [0.3, 0.4) is 0 Å². The molecule has 0 amide bonds. The molecule has 1 saturated heterocycles. The molecule has 5 nitrogen and oxygen atoms in total. The highest BCUT2D eigenvalue weighted by Crippen LogP contribution is 2.21. The predicted octanol–water partition coefficient (Wildman–Crippen LogP) is 3.39. The molecule has 0 saturated carbocycles. The summed E-state index contributed by atoms with van der Waals surface area (Å²) >= 11 is 0. The minimum absolute atomic E-state index is 0.0826.